The second-order valence-electron chi connectivity index (χ2n) is 5.02. The van der Waals surface area contributed by atoms with Crippen LogP contribution in [0.3, 0.4) is 0 Å². The average Bonchev–Trinajstić information content (AvgIpc) is 2.38. The van der Waals surface area contributed by atoms with Crippen LogP contribution < -0.4 is 10.6 Å². The highest BCUT2D eigenvalue weighted by Crippen LogP contribution is 2.32. The molecular formula is C14H17F2N3. The summed E-state index contributed by atoms with van der Waals surface area (Å²) in [6.45, 7) is 3.00. The molecule has 1 aliphatic rings. The minimum atomic E-state index is -0.691. The van der Waals surface area contributed by atoms with Crippen LogP contribution in [-0.2, 0) is 0 Å². The maximum absolute atomic E-state index is 14.0. The van der Waals surface area contributed by atoms with Gasteiger partial charge in [-0.1, -0.05) is 6.92 Å². The molecule has 2 rings (SSSR count). The molecule has 0 spiro atoms. The van der Waals surface area contributed by atoms with Crippen molar-refractivity contribution in [3.8, 4) is 6.07 Å². The van der Waals surface area contributed by atoms with E-state index in [9.17, 15) is 8.78 Å². The number of nitrogens with zero attached hydrogens (tertiary/aromatic N) is 2. The largest absolute Gasteiger partial charge is 0.362 e. The van der Waals surface area contributed by atoms with E-state index in [1.165, 1.54) is 0 Å². The van der Waals surface area contributed by atoms with E-state index in [0.29, 0.717) is 19.0 Å². The highest BCUT2D eigenvalue weighted by Gasteiger charge is 2.31. The molecule has 0 bridgehead atoms. The second kappa shape index (κ2) is 5.54. The molecule has 3 nitrogen and oxygen atoms in total. The lowest BCUT2D eigenvalue weighted by Crippen LogP contribution is -2.49. The quantitative estimate of drug-likeness (QED) is 0.893. The lowest BCUT2D eigenvalue weighted by Gasteiger charge is -2.41. The molecule has 0 aromatic heterocycles. The molecule has 5 heteroatoms. The van der Waals surface area contributed by atoms with Gasteiger partial charge in [0.1, 0.15) is 5.69 Å². The van der Waals surface area contributed by atoms with Crippen LogP contribution in [-0.4, -0.2) is 19.1 Å². The Morgan fingerprint density at radius 2 is 2.05 bits per heavy atom. The lowest BCUT2D eigenvalue weighted by atomic mass is 9.90. The van der Waals surface area contributed by atoms with Crippen LogP contribution in [0, 0.1) is 28.9 Å². The van der Waals surface area contributed by atoms with Gasteiger partial charge in [0.2, 0.25) is 0 Å². The Morgan fingerprint density at radius 3 is 2.58 bits per heavy atom. The number of benzene rings is 1. The number of nitrogens with two attached hydrogens (primary N) is 1. The molecule has 1 saturated heterocycles. The number of anilines is 1. The topological polar surface area (TPSA) is 53.0 Å². The zero-order valence-corrected chi connectivity index (χ0v) is 10.9. The third kappa shape index (κ3) is 2.54. The van der Waals surface area contributed by atoms with Crippen LogP contribution in [0.25, 0.3) is 0 Å². The van der Waals surface area contributed by atoms with Gasteiger partial charge >= 0.3 is 0 Å². The summed E-state index contributed by atoms with van der Waals surface area (Å²) in [5, 5.41) is 8.71. The number of nitriles is 1. The normalized spacial score (nSPS) is 23.2. The summed E-state index contributed by atoms with van der Waals surface area (Å²) in [7, 11) is 0. The Labute approximate surface area is 111 Å². The fourth-order valence-electron chi connectivity index (χ4n) is 2.79. The van der Waals surface area contributed by atoms with Crippen molar-refractivity contribution in [1.82, 2.24) is 0 Å². The first-order valence-electron chi connectivity index (χ1n) is 6.44. The van der Waals surface area contributed by atoms with Gasteiger partial charge in [-0.3, -0.25) is 0 Å². The first kappa shape index (κ1) is 13.8. The fraction of sp³-hybridized carbons (Fsp3) is 0.500. The molecule has 1 heterocycles. The van der Waals surface area contributed by atoms with E-state index in [-0.39, 0.29) is 17.3 Å². The number of hydrogen-bond donors (Lipinski definition) is 1. The minimum Gasteiger partial charge on any atom is -0.362 e. The van der Waals surface area contributed by atoms with Crippen molar-refractivity contribution in [3.63, 3.8) is 0 Å². The second-order valence-corrected chi connectivity index (χ2v) is 5.02. The van der Waals surface area contributed by atoms with Crippen molar-refractivity contribution in [2.24, 2.45) is 11.7 Å². The molecule has 0 aliphatic carbocycles. The van der Waals surface area contributed by atoms with Crippen molar-refractivity contribution in [2.75, 3.05) is 18.0 Å². The van der Waals surface area contributed by atoms with Gasteiger partial charge in [0.05, 0.1) is 11.6 Å². The van der Waals surface area contributed by atoms with Gasteiger partial charge in [-0.25, -0.2) is 8.78 Å². The Hall–Kier alpha value is -1.67. The third-order valence-electron chi connectivity index (χ3n) is 3.79. The smallest absolute Gasteiger partial charge is 0.150 e. The zero-order valence-electron chi connectivity index (χ0n) is 10.9. The molecule has 2 atom stereocenters. The predicted molar refractivity (Wildman–Crippen MR) is 69.7 cm³/mol. The molecule has 0 saturated carbocycles. The highest BCUT2D eigenvalue weighted by molar-refractivity contribution is 5.54. The lowest BCUT2D eigenvalue weighted by molar-refractivity contribution is 0.343. The summed E-state index contributed by atoms with van der Waals surface area (Å²) >= 11 is 0. The molecule has 0 radical (unpaired) electrons. The molecule has 2 N–H and O–H groups in total. The fourth-order valence-corrected chi connectivity index (χ4v) is 2.79. The van der Waals surface area contributed by atoms with E-state index < -0.39 is 11.6 Å². The van der Waals surface area contributed by atoms with Crippen LogP contribution in [0.4, 0.5) is 14.5 Å². The van der Waals surface area contributed by atoms with Gasteiger partial charge in [0.25, 0.3) is 0 Å². The Kier molecular flexibility index (Phi) is 4.01. The number of hydrogen-bond acceptors (Lipinski definition) is 3. The average molecular weight is 265 g/mol. The van der Waals surface area contributed by atoms with E-state index >= 15 is 0 Å². The SMILES string of the molecule is CC1CCCN(c2c(F)cc(C#N)cc2F)C1CN. The van der Waals surface area contributed by atoms with E-state index in [2.05, 4.69) is 0 Å². The number of piperidine rings is 1. The summed E-state index contributed by atoms with van der Waals surface area (Å²) < 4.78 is 28.1. The number of rotatable bonds is 2. The minimum absolute atomic E-state index is 0.00638. The third-order valence-corrected chi connectivity index (χ3v) is 3.79. The standard InChI is InChI=1S/C14H17F2N3/c1-9-3-2-4-19(13(9)8-18)14-11(15)5-10(7-17)6-12(14)16/h5-6,9,13H,2-4,8,18H2,1H3. The summed E-state index contributed by atoms with van der Waals surface area (Å²) in [6.07, 6.45) is 1.90. The Balaban J connectivity index is 2.43. The molecule has 0 amide bonds. The van der Waals surface area contributed by atoms with E-state index in [1.54, 1.807) is 11.0 Å². The maximum atomic E-state index is 14.0. The van der Waals surface area contributed by atoms with Crippen LogP contribution in [0.1, 0.15) is 25.3 Å². The van der Waals surface area contributed by atoms with Crippen LogP contribution in [0.15, 0.2) is 12.1 Å². The predicted octanol–water partition coefficient (Wildman–Crippen LogP) is 2.40. The Bertz CT molecular complexity index is 487. The van der Waals surface area contributed by atoms with Crippen molar-refractivity contribution in [2.45, 2.75) is 25.8 Å². The van der Waals surface area contributed by atoms with Gasteiger partial charge in [-0.2, -0.15) is 5.26 Å². The molecule has 1 aromatic rings. The van der Waals surface area contributed by atoms with E-state index in [0.717, 1.165) is 25.0 Å². The van der Waals surface area contributed by atoms with Crippen molar-refractivity contribution >= 4 is 5.69 Å². The molecule has 1 aromatic carbocycles. The van der Waals surface area contributed by atoms with Crippen LogP contribution >= 0.6 is 0 Å². The molecule has 19 heavy (non-hydrogen) atoms. The van der Waals surface area contributed by atoms with Crippen LogP contribution in [0.5, 0.6) is 0 Å². The van der Waals surface area contributed by atoms with Crippen molar-refractivity contribution in [3.05, 3.63) is 29.3 Å². The highest BCUT2D eigenvalue weighted by atomic mass is 19.1. The van der Waals surface area contributed by atoms with E-state index in [1.807, 2.05) is 6.92 Å². The molecule has 2 unspecified atom stereocenters. The monoisotopic (exact) mass is 265 g/mol. The maximum Gasteiger partial charge on any atom is 0.150 e. The molecule has 1 aliphatic heterocycles. The van der Waals surface area contributed by atoms with Gasteiger partial charge in [-0.05, 0) is 30.9 Å². The Morgan fingerprint density at radius 1 is 1.42 bits per heavy atom. The van der Waals surface area contributed by atoms with Gasteiger partial charge in [0.15, 0.2) is 11.6 Å². The summed E-state index contributed by atoms with van der Waals surface area (Å²) in [5.74, 6) is -1.08. The van der Waals surface area contributed by atoms with E-state index in [4.69, 9.17) is 11.0 Å². The van der Waals surface area contributed by atoms with Crippen molar-refractivity contribution < 1.29 is 8.78 Å². The van der Waals surface area contributed by atoms with Gasteiger partial charge < -0.3 is 10.6 Å². The van der Waals surface area contributed by atoms with Crippen molar-refractivity contribution in [1.29, 1.82) is 5.26 Å². The molecular weight excluding hydrogens is 248 g/mol. The molecule has 102 valence electrons. The molecule has 1 fully saturated rings. The number of halogens is 2. The van der Waals surface area contributed by atoms with Crippen LogP contribution in [0.2, 0.25) is 0 Å². The first-order chi connectivity index (χ1) is 9.08. The zero-order chi connectivity index (χ0) is 14.0. The first-order valence-corrected chi connectivity index (χ1v) is 6.44. The summed E-state index contributed by atoms with van der Waals surface area (Å²) in [5.41, 5.74) is 5.68. The van der Waals surface area contributed by atoms with Gasteiger partial charge in [-0.15, -0.1) is 0 Å². The van der Waals surface area contributed by atoms with Gasteiger partial charge in [0, 0.05) is 19.1 Å². The summed E-state index contributed by atoms with van der Waals surface area (Å²) in [6, 6.07) is 3.83. The summed E-state index contributed by atoms with van der Waals surface area (Å²) in [4.78, 5) is 1.71.